The maximum Gasteiger partial charge on any atom is 0.419 e. The number of para-hydroxylation sites is 1. The summed E-state index contributed by atoms with van der Waals surface area (Å²) < 4.78 is 45.0. The maximum atomic E-state index is 12.7. The van der Waals surface area contributed by atoms with Gasteiger partial charge in [-0.1, -0.05) is 12.1 Å². The Morgan fingerprint density at radius 2 is 2.00 bits per heavy atom. The van der Waals surface area contributed by atoms with E-state index in [0.717, 1.165) is 6.07 Å². The van der Waals surface area contributed by atoms with Crippen molar-refractivity contribution >= 4 is 0 Å². The molecule has 96 valence electrons. The highest BCUT2D eigenvalue weighted by Crippen LogP contribution is 2.37. The minimum atomic E-state index is -4.43. The molecule has 0 aliphatic rings. The number of nitrogens with zero attached hydrogens (tertiary/aromatic N) is 2. The van der Waals surface area contributed by atoms with Crippen LogP contribution >= 0.6 is 0 Å². The van der Waals surface area contributed by atoms with Crippen LogP contribution in [0.25, 0.3) is 0 Å². The van der Waals surface area contributed by atoms with Crippen molar-refractivity contribution in [1.29, 1.82) is 0 Å². The molecular formula is C12H11F3N2O. The number of aryl methyl sites for hydroxylation is 1. The Balaban J connectivity index is 2.29. The molecule has 0 amide bonds. The first-order chi connectivity index (χ1) is 8.50. The number of ether oxygens (including phenoxy) is 1. The average Bonchev–Trinajstić information content (AvgIpc) is 2.76. The fourth-order valence-corrected chi connectivity index (χ4v) is 1.49. The summed E-state index contributed by atoms with van der Waals surface area (Å²) in [7, 11) is 0. The highest BCUT2D eigenvalue weighted by Gasteiger charge is 2.34. The first-order valence-corrected chi connectivity index (χ1v) is 5.37. The van der Waals surface area contributed by atoms with E-state index >= 15 is 0 Å². The fourth-order valence-electron chi connectivity index (χ4n) is 1.49. The Morgan fingerprint density at radius 3 is 2.61 bits per heavy atom. The third kappa shape index (κ3) is 2.64. The zero-order valence-electron chi connectivity index (χ0n) is 9.61. The van der Waals surface area contributed by atoms with E-state index in [4.69, 9.17) is 4.74 Å². The van der Waals surface area contributed by atoms with Gasteiger partial charge in [0.25, 0.3) is 0 Å². The van der Waals surface area contributed by atoms with Crippen molar-refractivity contribution < 1.29 is 17.9 Å². The van der Waals surface area contributed by atoms with Crippen LogP contribution in [-0.2, 0) is 12.7 Å². The Morgan fingerprint density at radius 1 is 1.28 bits per heavy atom. The summed E-state index contributed by atoms with van der Waals surface area (Å²) in [5.41, 5.74) is -0.797. The third-order valence-corrected chi connectivity index (χ3v) is 2.35. The van der Waals surface area contributed by atoms with Gasteiger partial charge in [-0.25, -0.2) is 0 Å². The molecule has 0 aliphatic carbocycles. The lowest BCUT2D eigenvalue weighted by atomic mass is 10.2. The molecule has 0 unspecified atom stereocenters. The predicted molar refractivity (Wildman–Crippen MR) is 59.4 cm³/mol. The van der Waals surface area contributed by atoms with Crippen LogP contribution in [0.15, 0.2) is 36.7 Å². The maximum absolute atomic E-state index is 12.7. The monoisotopic (exact) mass is 256 g/mol. The van der Waals surface area contributed by atoms with Gasteiger partial charge in [0.2, 0.25) is 0 Å². The molecule has 2 aromatic rings. The van der Waals surface area contributed by atoms with E-state index in [0.29, 0.717) is 6.54 Å². The molecule has 0 aliphatic heterocycles. The van der Waals surface area contributed by atoms with Crippen molar-refractivity contribution in [2.75, 3.05) is 0 Å². The van der Waals surface area contributed by atoms with E-state index in [2.05, 4.69) is 5.10 Å². The molecule has 18 heavy (non-hydrogen) atoms. The van der Waals surface area contributed by atoms with Gasteiger partial charge in [-0.3, -0.25) is 4.68 Å². The van der Waals surface area contributed by atoms with Crippen molar-refractivity contribution in [3.05, 3.63) is 42.2 Å². The van der Waals surface area contributed by atoms with Gasteiger partial charge in [0.15, 0.2) is 5.75 Å². The minimum Gasteiger partial charge on any atom is -0.453 e. The van der Waals surface area contributed by atoms with Gasteiger partial charge in [0.05, 0.1) is 18.0 Å². The Kier molecular flexibility index (Phi) is 3.27. The van der Waals surface area contributed by atoms with Crippen LogP contribution in [0.4, 0.5) is 13.2 Å². The van der Waals surface area contributed by atoms with Gasteiger partial charge in [-0.2, -0.15) is 18.3 Å². The topological polar surface area (TPSA) is 27.1 Å². The largest absolute Gasteiger partial charge is 0.453 e. The lowest BCUT2D eigenvalue weighted by Gasteiger charge is -2.12. The Labute approximate surface area is 102 Å². The molecule has 2 rings (SSSR count). The van der Waals surface area contributed by atoms with Crippen LogP contribution in [0.3, 0.4) is 0 Å². The summed E-state index contributed by atoms with van der Waals surface area (Å²) in [6.45, 7) is 2.50. The number of rotatable bonds is 3. The van der Waals surface area contributed by atoms with Crippen LogP contribution in [0.1, 0.15) is 12.5 Å². The number of aromatic nitrogens is 2. The van der Waals surface area contributed by atoms with E-state index < -0.39 is 11.7 Å². The second kappa shape index (κ2) is 4.72. The van der Waals surface area contributed by atoms with Gasteiger partial charge in [-0.05, 0) is 19.1 Å². The normalized spacial score (nSPS) is 11.6. The zero-order chi connectivity index (χ0) is 13.2. The molecule has 1 aromatic heterocycles. The van der Waals surface area contributed by atoms with E-state index in [-0.39, 0.29) is 11.5 Å². The van der Waals surface area contributed by atoms with Crippen molar-refractivity contribution in [3.8, 4) is 11.5 Å². The second-order valence-corrected chi connectivity index (χ2v) is 3.63. The molecule has 0 N–H and O–H groups in total. The predicted octanol–water partition coefficient (Wildman–Crippen LogP) is 3.71. The van der Waals surface area contributed by atoms with Crippen LogP contribution in [0.5, 0.6) is 11.5 Å². The lowest BCUT2D eigenvalue weighted by molar-refractivity contribution is -0.138. The summed E-state index contributed by atoms with van der Waals surface area (Å²) in [5, 5.41) is 3.93. The first kappa shape index (κ1) is 12.5. The molecule has 1 heterocycles. The average molecular weight is 256 g/mol. The van der Waals surface area contributed by atoms with Crippen LogP contribution < -0.4 is 4.74 Å². The molecule has 0 saturated heterocycles. The molecule has 0 spiro atoms. The molecule has 3 nitrogen and oxygen atoms in total. The first-order valence-electron chi connectivity index (χ1n) is 5.37. The highest BCUT2D eigenvalue weighted by atomic mass is 19.4. The van der Waals surface area contributed by atoms with Gasteiger partial charge in [0, 0.05) is 6.54 Å². The minimum absolute atomic E-state index is 0.222. The Hall–Kier alpha value is -1.98. The summed E-state index contributed by atoms with van der Waals surface area (Å²) in [5.74, 6) is 0.0641. The summed E-state index contributed by atoms with van der Waals surface area (Å²) >= 11 is 0. The molecule has 1 aromatic carbocycles. The van der Waals surface area contributed by atoms with Crippen LogP contribution in [0, 0.1) is 0 Å². The summed E-state index contributed by atoms with van der Waals surface area (Å²) in [4.78, 5) is 0. The van der Waals surface area contributed by atoms with Gasteiger partial charge < -0.3 is 4.74 Å². The third-order valence-electron chi connectivity index (χ3n) is 2.35. The Bertz CT molecular complexity index is 534. The highest BCUT2D eigenvalue weighted by molar-refractivity contribution is 5.38. The summed E-state index contributed by atoms with van der Waals surface area (Å²) in [6.07, 6.45) is -1.50. The SMILES string of the molecule is CCn1cc(Oc2ccccc2C(F)(F)F)cn1. The van der Waals surface area contributed by atoms with Gasteiger partial charge >= 0.3 is 6.18 Å². The van der Waals surface area contributed by atoms with Gasteiger partial charge in [0.1, 0.15) is 5.75 Å². The zero-order valence-corrected chi connectivity index (χ0v) is 9.61. The quantitative estimate of drug-likeness (QED) is 0.837. The van der Waals surface area contributed by atoms with Crippen molar-refractivity contribution in [2.24, 2.45) is 0 Å². The van der Waals surface area contributed by atoms with E-state index in [9.17, 15) is 13.2 Å². The lowest BCUT2D eigenvalue weighted by Crippen LogP contribution is -2.06. The smallest absolute Gasteiger partial charge is 0.419 e. The van der Waals surface area contributed by atoms with Gasteiger partial charge in [-0.15, -0.1) is 0 Å². The van der Waals surface area contributed by atoms with E-state index in [1.54, 1.807) is 10.9 Å². The number of benzene rings is 1. The molecule has 0 atom stereocenters. The standard InChI is InChI=1S/C12H11F3N2O/c1-2-17-8-9(7-16-17)18-11-6-4-3-5-10(11)12(13,14)15/h3-8H,2H2,1H3. The number of hydrogen-bond acceptors (Lipinski definition) is 2. The van der Waals surface area contributed by atoms with E-state index in [1.807, 2.05) is 6.92 Å². The second-order valence-electron chi connectivity index (χ2n) is 3.63. The molecule has 0 saturated carbocycles. The van der Waals surface area contributed by atoms with Crippen molar-refractivity contribution in [2.45, 2.75) is 19.6 Å². The number of alkyl halides is 3. The molecule has 0 fully saturated rings. The van der Waals surface area contributed by atoms with Crippen LogP contribution in [0.2, 0.25) is 0 Å². The number of hydrogen-bond donors (Lipinski definition) is 0. The fraction of sp³-hybridized carbons (Fsp3) is 0.250. The molecule has 0 bridgehead atoms. The summed E-state index contributed by atoms with van der Waals surface area (Å²) in [6, 6.07) is 5.09. The number of halogens is 3. The molecule has 6 heteroatoms. The van der Waals surface area contributed by atoms with Crippen LogP contribution in [-0.4, -0.2) is 9.78 Å². The van der Waals surface area contributed by atoms with Crippen molar-refractivity contribution in [3.63, 3.8) is 0 Å². The molecule has 0 radical (unpaired) electrons. The van der Waals surface area contributed by atoms with Crippen molar-refractivity contribution in [1.82, 2.24) is 9.78 Å². The molecular weight excluding hydrogens is 245 g/mol. The van der Waals surface area contributed by atoms with E-state index in [1.165, 1.54) is 24.4 Å².